The van der Waals surface area contributed by atoms with Crippen LogP contribution >= 0.6 is 0 Å². The Morgan fingerprint density at radius 3 is 3.00 bits per heavy atom. The van der Waals surface area contributed by atoms with Gasteiger partial charge in [0.25, 0.3) is 0 Å². The van der Waals surface area contributed by atoms with Gasteiger partial charge >= 0.3 is 0 Å². The van der Waals surface area contributed by atoms with Crippen molar-refractivity contribution in [2.75, 3.05) is 19.8 Å². The average molecular weight is 201 g/mol. The lowest BCUT2D eigenvalue weighted by Gasteiger charge is -2.11. The highest BCUT2D eigenvalue weighted by Crippen LogP contribution is 1.90. The first-order valence-electron chi connectivity index (χ1n) is 4.86. The average Bonchev–Trinajstić information content (AvgIpc) is 2.21. The number of hydrogen-bond donors (Lipinski definition) is 2. The van der Waals surface area contributed by atoms with E-state index in [1.54, 1.807) is 0 Å². The van der Waals surface area contributed by atoms with Crippen molar-refractivity contribution >= 4 is 5.91 Å². The van der Waals surface area contributed by atoms with Crippen LogP contribution in [-0.4, -0.2) is 36.9 Å². The molecule has 0 spiro atoms. The highest BCUT2D eigenvalue weighted by atomic mass is 16.5. The molecular weight excluding hydrogens is 182 g/mol. The molecule has 0 aliphatic heterocycles. The van der Waals surface area contributed by atoms with Crippen LogP contribution < -0.4 is 5.32 Å². The molecule has 1 atom stereocenters. The van der Waals surface area contributed by atoms with Gasteiger partial charge in [-0.3, -0.25) is 4.79 Å². The number of amides is 1. The van der Waals surface area contributed by atoms with Crippen molar-refractivity contribution in [1.29, 1.82) is 0 Å². The summed E-state index contributed by atoms with van der Waals surface area (Å²) in [6.07, 6.45) is 2.59. The van der Waals surface area contributed by atoms with Gasteiger partial charge in [-0.05, 0) is 12.5 Å². The SMILES string of the molecule is C=CC(=O)NCC(O)COCCCC. The van der Waals surface area contributed by atoms with Crippen molar-refractivity contribution in [2.24, 2.45) is 0 Å². The summed E-state index contributed by atoms with van der Waals surface area (Å²) in [5.41, 5.74) is 0. The van der Waals surface area contributed by atoms with E-state index >= 15 is 0 Å². The summed E-state index contributed by atoms with van der Waals surface area (Å²) in [4.78, 5) is 10.7. The van der Waals surface area contributed by atoms with Crippen molar-refractivity contribution in [1.82, 2.24) is 5.32 Å². The maximum absolute atomic E-state index is 10.7. The fourth-order valence-electron chi connectivity index (χ4n) is 0.815. The number of aliphatic hydroxyl groups is 1. The highest BCUT2D eigenvalue weighted by Gasteiger charge is 2.04. The van der Waals surface area contributed by atoms with E-state index in [9.17, 15) is 9.90 Å². The summed E-state index contributed by atoms with van der Waals surface area (Å²) in [7, 11) is 0. The van der Waals surface area contributed by atoms with Gasteiger partial charge in [0.15, 0.2) is 0 Å². The van der Waals surface area contributed by atoms with Crippen LogP contribution in [0, 0.1) is 0 Å². The third kappa shape index (κ3) is 7.76. The topological polar surface area (TPSA) is 58.6 Å². The van der Waals surface area contributed by atoms with Gasteiger partial charge in [0.1, 0.15) is 0 Å². The zero-order valence-corrected chi connectivity index (χ0v) is 8.66. The molecule has 0 heterocycles. The van der Waals surface area contributed by atoms with Crippen LogP contribution in [-0.2, 0) is 9.53 Å². The first-order valence-corrected chi connectivity index (χ1v) is 4.86. The van der Waals surface area contributed by atoms with E-state index in [0.29, 0.717) is 6.61 Å². The van der Waals surface area contributed by atoms with Crippen LogP contribution in [0.2, 0.25) is 0 Å². The van der Waals surface area contributed by atoms with Gasteiger partial charge in [-0.15, -0.1) is 0 Å². The number of carbonyl (C=O) groups is 1. The van der Waals surface area contributed by atoms with Gasteiger partial charge < -0.3 is 15.2 Å². The molecule has 4 nitrogen and oxygen atoms in total. The van der Waals surface area contributed by atoms with E-state index in [2.05, 4.69) is 18.8 Å². The normalized spacial score (nSPS) is 12.1. The second kappa shape index (κ2) is 8.72. The Labute approximate surface area is 85.0 Å². The van der Waals surface area contributed by atoms with Crippen molar-refractivity contribution in [3.05, 3.63) is 12.7 Å². The zero-order valence-electron chi connectivity index (χ0n) is 8.66. The minimum Gasteiger partial charge on any atom is -0.389 e. The molecule has 0 bridgehead atoms. The number of rotatable bonds is 8. The first kappa shape index (κ1) is 13.1. The molecule has 2 N–H and O–H groups in total. The number of aliphatic hydroxyl groups excluding tert-OH is 1. The summed E-state index contributed by atoms with van der Waals surface area (Å²) in [6.45, 7) is 6.50. The monoisotopic (exact) mass is 201 g/mol. The molecule has 0 aromatic rings. The van der Waals surface area contributed by atoms with Gasteiger partial charge in [-0.2, -0.15) is 0 Å². The fraction of sp³-hybridized carbons (Fsp3) is 0.700. The van der Waals surface area contributed by atoms with E-state index in [0.717, 1.165) is 12.8 Å². The predicted octanol–water partition coefficient (Wildman–Crippen LogP) is 0.466. The van der Waals surface area contributed by atoms with Crippen molar-refractivity contribution in [3.63, 3.8) is 0 Å². The van der Waals surface area contributed by atoms with Crippen LogP contribution in [0.4, 0.5) is 0 Å². The quantitative estimate of drug-likeness (QED) is 0.443. The molecular formula is C10H19NO3. The van der Waals surface area contributed by atoms with Crippen LogP contribution in [0.15, 0.2) is 12.7 Å². The smallest absolute Gasteiger partial charge is 0.243 e. The van der Waals surface area contributed by atoms with E-state index in [1.807, 2.05) is 0 Å². The predicted molar refractivity (Wildman–Crippen MR) is 54.9 cm³/mol. The maximum atomic E-state index is 10.7. The summed E-state index contributed by atoms with van der Waals surface area (Å²) in [6, 6.07) is 0. The standard InChI is InChI=1S/C10H19NO3/c1-3-5-6-14-8-9(12)7-11-10(13)4-2/h4,9,12H,2-3,5-8H2,1H3,(H,11,13). The molecule has 0 fully saturated rings. The summed E-state index contributed by atoms with van der Waals surface area (Å²) >= 11 is 0. The van der Waals surface area contributed by atoms with E-state index in [1.165, 1.54) is 6.08 Å². The molecule has 0 rings (SSSR count). The minimum absolute atomic E-state index is 0.205. The maximum Gasteiger partial charge on any atom is 0.243 e. The molecule has 0 aliphatic carbocycles. The number of ether oxygens (including phenoxy) is 1. The Morgan fingerprint density at radius 1 is 1.71 bits per heavy atom. The van der Waals surface area contributed by atoms with Gasteiger partial charge in [-0.1, -0.05) is 19.9 Å². The van der Waals surface area contributed by atoms with Crippen LogP contribution in [0.25, 0.3) is 0 Å². The second-order valence-corrected chi connectivity index (χ2v) is 3.03. The van der Waals surface area contributed by atoms with Crippen molar-refractivity contribution in [3.8, 4) is 0 Å². The van der Waals surface area contributed by atoms with Gasteiger partial charge in [-0.25, -0.2) is 0 Å². The molecule has 0 saturated heterocycles. The number of carbonyl (C=O) groups excluding carboxylic acids is 1. The molecule has 0 saturated carbocycles. The third-order valence-corrected chi connectivity index (χ3v) is 1.65. The Morgan fingerprint density at radius 2 is 2.43 bits per heavy atom. The molecule has 14 heavy (non-hydrogen) atoms. The Hall–Kier alpha value is -0.870. The van der Waals surface area contributed by atoms with Gasteiger partial charge in [0.05, 0.1) is 12.7 Å². The van der Waals surface area contributed by atoms with Crippen molar-refractivity contribution in [2.45, 2.75) is 25.9 Å². The highest BCUT2D eigenvalue weighted by molar-refractivity contribution is 5.86. The number of nitrogens with one attached hydrogen (secondary N) is 1. The molecule has 0 aromatic carbocycles. The van der Waals surface area contributed by atoms with Crippen molar-refractivity contribution < 1.29 is 14.6 Å². The molecule has 82 valence electrons. The number of hydrogen-bond acceptors (Lipinski definition) is 3. The fourth-order valence-corrected chi connectivity index (χ4v) is 0.815. The van der Waals surface area contributed by atoms with Crippen LogP contribution in [0.5, 0.6) is 0 Å². The molecule has 1 unspecified atom stereocenters. The zero-order chi connectivity index (χ0) is 10.8. The van der Waals surface area contributed by atoms with Crippen LogP contribution in [0.3, 0.4) is 0 Å². The molecule has 0 aliphatic rings. The lowest BCUT2D eigenvalue weighted by atomic mass is 10.3. The summed E-state index contributed by atoms with van der Waals surface area (Å²) in [5, 5.41) is 11.8. The van der Waals surface area contributed by atoms with Gasteiger partial charge in [0, 0.05) is 13.2 Å². The van der Waals surface area contributed by atoms with Gasteiger partial charge in [0.2, 0.25) is 5.91 Å². The van der Waals surface area contributed by atoms with Crippen LogP contribution in [0.1, 0.15) is 19.8 Å². The van der Waals surface area contributed by atoms with E-state index < -0.39 is 6.10 Å². The molecule has 0 radical (unpaired) electrons. The lowest BCUT2D eigenvalue weighted by molar-refractivity contribution is -0.117. The molecule has 4 heteroatoms. The Bertz CT molecular complexity index is 171. The first-order chi connectivity index (χ1) is 6.70. The molecule has 0 aromatic heterocycles. The van der Waals surface area contributed by atoms with E-state index in [-0.39, 0.29) is 19.1 Å². The molecule has 1 amide bonds. The second-order valence-electron chi connectivity index (χ2n) is 3.03. The Kier molecular flexibility index (Phi) is 8.17. The Balaban J connectivity index is 3.31. The largest absolute Gasteiger partial charge is 0.389 e. The minimum atomic E-state index is -0.643. The number of unbranched alkanes of at least 4 members (excludes halogenated alkanes) is 1. The van der Waals surface area contributed by atoms with E-state index in [4.69, 9.17) is 4.74 Å². The summed E-state index contributed by atoms with van der Waals surface area (Å²) in [5.74, 6) is -0.280. The third-order valence-electron chi connectivity index (χ3n) is 1.65. The summed E-state index contributed by atoms with van der Waals surface area (Å²) < 4.78 is 5.17. The lowest BCUT2D eigenvalue weighted by Crippen LogP contribution is -2.33.